The van der Waals surface area contributed by atoms with Crippen molar-refractivity contribution in [2.24, 2.45) is 4.99 Å². The predicted molar refractivity (Wildman–Crippen MR) is 51.0 cm³/mol. The van der Waals surface area contributed by atoms with Crippen molar-refractivity contribution in [3.05, 3.63) is 17.7 Å². The summed E-state index contributed by atoms with van der Waals surface area (Å²) in [5.74, 6) is -0.892. The normalized spacial score (nSPS) is 10.9. The van der Waals surface area contributed by atoms with Gasteiger partial charge in [-0.3, -0.25) is 4.99 Å². The van der Waals surface area contributed by atoms with Crippen LogP contribution in [0.5, 0.6) is 17.2 Å². The average molecular weight is 197 g/mol. The van der Waals surface area contributed by atoms with Crippen LogP contribution < -0.4 is 0 Å². The Kier molecular flexibility index (Phi) is 3.30. The molecule has 0 bridgehead atoms. The van der Waals surface area contributed by atoms with E-state index < -0.39 is 0 Å². The Morgan fingerprint density at radius 1 is 1.07 bits per heavy atom. The first-order chi connectivity index (χ1) is 6.65. The van der Waals surface area contributed by atoms with Crippen molar-refractivity contribution in [2.75, 3.05) is 13.2 Å². The summed E-state index contributed by atoms with van der Waals surface area (Å²) in [6, 6.07) is 2.21. The van der Waals surface area contributed by atoms with E-state index >= 15 is 0 Å². The highest BCUT2D eigenvalue weighted by molar-refractivity contribution is 5.84. The van der Waals surface area contributed by atoms with Gasteiger partial charge in [0.1, 0.15) is 5.75 Å². The number of aliphatic hydroxyl groups excluding tert-OH is 1. The molecule has 0 saturated heterocycles. The van der Waals surface area contributed by atoms with Crippen LogP contribution in [0, 0.1) is 0 Å². The summed E-state index contributed by atoms with van der Waals surface area (Å²) in [4.78, 5) is 3.76. The first-order valence-corrected chi connectivity index (χ1v) is 4.00. The SMILES string of the molecule is OCCN=Cc1cc(O)c(O)cc1O. The molecule has 0 aromatic heterocycles. The Bertz CT molecular complexity index is 349. The van der Waals surface area contributed by atoms with E-state index in [0.717, 1.165) is 6.07 Å². The Morgan fingerprint density at radius 2 is 1.71 bits per heavy atom. The Hall–Kier alpha value is -1.75. The first kappa shape index (κ1) is 10.3. The van der Waals surface area contributed by atoms with E-state index in [-0.39, 0.29) is 36.0 Å². The lowest BCUT2D eigenvalue weighted by atomic mass is 10.2. The maximum absolute atomic E-state index is 9.29. The number of aliphatic imine (C=N–C) groups is 1. The molecule has 14 heavy (non-hydrogen) atoms. The molecule has 5 heteroatoms. The molecule has 0 atom stereocenters. The Balaban J connectivity index is 2.92. The third-order valence-electron chi connectivity index (χ3n) is 1.58. The van der Waals surface area contributed by atoms with Crippen LogP contribution in [0.2, 0.25) is 0 Å². The quantitative estimate of drug-likeness (QED) is 0.316. The van der Waals surface area contributed by atoms with Crippen LogP contribution >= 0.6 is 0 Å². The second-order valence-corrected chi connectivity index (χ2v) is 2.66. The number of hydrogen-bond donors (Lipinski definition) is 4. The average Bonchev–Trinajstić information content (AvgIpc) is 2.14. The number of nitrogens with zero attached hydrogens (tertiary/aromatic N) is 1. The highest BCUT2D eigenvalue weighted by Crippen LogP contribution is 2.31. The topological polar surface area (TPSA) is 93.3 Å². The minimum absolute atomic E-state index is 0.0820. The maximum Gasteiger partial charge on any atom is 0.161 e. The van der Waals surface area contributed by atoms with Crippen molar-refractivity contribution in [3.63, 3.8) is 0 Å². The first-order valence-electron chi connectivity index (χ1n) is 4.00. The minimum atomic E-state index is -0.387. The van der Waals surface area contributed by atoms with Crippen LogP contribution in [0.3, 0.4) is 0 Å². The van der Waals surface area contributed by atoms with Gasteiger partial charge in [0.25, 0.3) is 0 Å². The summed E-state index contributed by atoms with van der Waals surface area (Å²) < 4.78 is 0. The molecule has 0 fully saturated rings. The van der Waals surface area contributed by atoms with Crippen LogP contribution in [0.15, 0.2) is 17.1 Å². The highest BCUT2D eigenvalue weighted by Gasteiger charge is 2.05. The molecule has 1 rings (SSSR count). The zero-order chi connectivity index (χ0) is 10.6. The minimum Gasteiger partial charge on any atom is -0.507 e. The molecule has 0 spiro atoms. The zero-order valence-corrected chi connectivity index (χ0v) is 7.38. The second-order valence-electron chi connectivity index (χ2n) is 2.66. The van der Waals surface area contributed by atoms with Gasteiger partial charge in [-0.05, 0) is 6.07 Å². The smallest absolute Gasteiger partial charge is 0.161 e. The monoisotopic (exact) mass is 197 g/mol. The Labute approximate surface area is 80.6 Å². The van der Waals surface area contributed by atoms with Crippen LogP contribution in [0.4, 0.5) is 0 Å². The molecule has 1 aromatic carbocycles. The van der Waals surface area contributed by atoms with Crippen LogP contribution in [0.25, 0.3) is 0 Å². The zero-order valence-electron chi connectivity index (χ0n) is 7.38. The predicted octanol–water partition coefficient (Wildman–Crippen LogP) is 0.215. The van der Waals surface area contributed by atoms with E-state index in [0.29, 0.717) is 0 Å². The van der Waals surface area contributed by atoms with Gasteiger partial charge in [-0.2, -0.15) is 0 Å². The molecular weight excluding hydrogens is 186 g/mol. The fraction of sp³-hybridized carbons (Fsp3) is 0.222. The molecule has 0 aliphatic rings. The number of hydrogen-bond acceptors (Lipinski definition) is 5. The summed E-state index contributed by atoms with van der Waals surface area (Å²) in [7, 11) is 0. The van der Waals surface area contributed by atoms with E-state index in [1.807, 2.05) is 0 Å². The van der Waals surface area contributed by atoms with Crippen molar-refractivity contribution >= 4 is 6.21 Å². The molecule has 0 amide bonds. The van der Waals surface area contributed by atoms with E-state index in [2.05, 4.69) is 4.99 Å². The van der Waals surface area contributed by atoms with E-state index in [4.69, 9.17) is 15.3 Å². The van der Waals surface area contributed by atoms with Crippen molar-refractivity contribution in [2.45, 2.75) is 0 Å². The van der Waals surface area contributed by atoms with E-state index in [1.165, 1.54) is 12.3 Å². The molecule has 76 valence electrons. The van der Waals surface area contributed by atoms with Gasteiger partial charge < -0.3 is 20.4 Å². The Morgan fingerprint density at radius 3 is 2.36 bits per heavy atom. The number of aliphatic hydroxyl groups is 1. The molecule has 1 aromatic rings. The van der Waals surface area contributed by atoms with Crippen LogP contribution in [0.1, 0.15) is 5.56 Å². The summed E-state index contributed by atoms with van der Waals surface area (Å²) in [5.41, 5.74) is 0.286. The van der Waals surface area contributed by atoms with E-state index in [9.17, 15) is 5.11 Å². The van der Waals surface area contributed by atoms with Crippen LogP contribution in [-0.2, 0) is 0 Å². The molecule has 0 unspecified atom stereocenters. The number of phenols is 3. The summed E-state index contributed by atoms with van der Waals surface area (Å²) in [6.45, 7) is 0.141. The molecular formula is C9H11NO4. The molecule has 0 radical (unpaired) electrons. The lowest BCUT2D eigenvalue weighted by molar-refractivity contribution is 0.307. The van der Waals surface area contributed by atoms with Gasteiger partial charge >= 0.3 is 0 Å². The molecule has 0 aliphatic carbocycles. The van der Waals surface area contributed by atoms with Gasteiger partial charge in [0.15, 0.2) is 11.5 Å². The highest BCUT2D eigenvalue weighted by atomic mass is 16.3. The fourth-order valence-corrected chi connectivity index (χ4v) is 0.906. The fourth-order valence-electron chi connectivity index (χ4n) is 0.906. The summed E-state index contributed by atoms with van der Waals surface area (Å²) in [6.07, 6.45) is 1.31. The molecule has 0 heterocycles. The van der Waals surface area contributed by atoms with Crippen molar-refractivity contribution < 1.29 is 20.4 Å². The molecule has 5 nitrogen and oxygen atoms in total. The number of phenolic OH excluding ortho intramolecular Hbond substituents is 3. The number of benzene rings is 1. The van der Waals surface area contributed by atoms with Gasteiger partial charge in [0.05, 0.1) is 13.2 Å². The molecule has 0 aliphatic heterocycles. The van der Waals surface area contributed by atoms with Gasteiger partial charge in [0.2, 0.25) is 0 Å². The summed E-state index contributed by atoms with van der Waals surface area (Å²) >= 11 is 0. The lowest BCUT2D eigenvalue weighted by Gasteiger charge is -2.01. The second kappa shape index (κ2) is 4.48. The standard InChI is InChI=1S/C9H11NO4/c11-2-1-10-5-6-3-8(13)9(14)4-7(6)12/h3-5,11-14H,1-2H2. The molecule has 0 saturated carbocycles. The van der Waals surface area contributed by atoms with Crippen molar-refractivity contribution in [3.8, 4) is 17.2 Å². The van der Waals surface area contributed by atoms with Gasteiger partial charge in [-0.15, -0.1) is 0 Å². The number of aromatic hydroxyl groups is 3. The lowest BCUT2D eigenvalue weighted by Crippen LogP contribution is -1.89. The van der Waals surface area contributed by atoms with E-state index in [1.54, 1.807) is 0 Å². The van der Waals surface area contributed by atoms with Gasteiger partial charge in [-0.25, -0.2) is 0 Å². The third kappa shape index (κ3) is 2.37. The third-order valence-corrected chi connectivity index (χ3v) is 1.58. The molecule has 4 N–H and O–H groups in total. The number of rotatable bonds is 3. The van der Waals surface area contributed by atoms with Crippen molar-refractivity contribution in [1.82, 2.24) is 0 Å². The van der Waals surface area contributed by atoms with Gasteiger partial charge in [-0.1, -0.05) is 0 Å². The maximum atomic E-state index is 9.29. The summed E-state index contributed by atoms with van der Waals surface area (Å²) in [5, 5.41) is 35.8. The van der Waals surface area contributed by atoms with Gasteiger partial charge in [0, 0.05) is 17.8 Å². The largest absolute Gasteiger partial charge is 0.507 e. The van der Waals surface area contributed by atoms with Crippen molar-refractivity contribution in [1.29, 1.82) is 0 Å². The van der Waals surface area contributed by atoms with Crippen LogP contribution in [-0.4, -0.2) is 39.8 Å².